The highest BCUT2D eigenvalue weighted by atomic mass is 32.1. The maximum atomic E-state index is 12.9. The Labute approximate surface area is 157 Å². The van der Waals surface area contributed by atoms with E-state index in [-0.39, 0.29) is 12.3 Å². The number of ether oxygens (including phenoxy) is 1. The molecule has 0 radical (unpaired) electrons. The number of carbonyl (C=O) groups is 1. The van der Waals surface area contributed by atoms with Crippen molar-refractivity contribution in [1.29, 1.82) is 0 Å². The summed E-state index contributed by atoms with van der Waals surface area (Å²) < 4.78 is 5.35. The molecular weight excluding hydrogens is 344 g/mol. The average molecular weight is 364 g/mol. The largest absolute Gasteiger partial charge is 0.496 e. The zero-order valence-corrected chi connectivity index (χ0v) is 15.4. The van der Waals surface area contributed by atoms with Gasteiger partial charge in [0.25, 0.3) is 0 Å². The first-order chi connectivity index (χ1) is 12.7. The first-order valence-corrected chi connectivity index (χ1v) is 9.15. The van der Waals surface area contributed by atoms with Crippen LogP contribution in [0.5, 0.6) is 5.75 Å². The second-order valence-corrected chi connectivity index (χ2v) is 6.50. The standard InChI is InChI=1S/C21H20N2O2S/c1-3-13-23(20(24)14-17-11-7-8-12-19(17)25-2)21-22-18(15-26-21)16-9-5-4-6-10-16/h3-12,15H,1,13-14H2,2H3. The zero-order chi connectivity index (χ0) is 18.4. The van der Waals surface area contributed by atoms with E-state index in [1.165, 1.54) is 11.3 Å². The van der Waals surface area contributed by atoms with E-state index in [0.29, 0.717) is 17.4 Å². The lowest BCUT2D eigenvalue weighted by molar-refractivity contribution is -0.117. The van der Waals surface area contributed by atoms with Gasteiger partial charge < -0.3 is 4.74 Å². The van der Waals surface area contributed by atoms with Crippen LogP contribution in [0, 0.1) is 0 Å². The van der Waals surface area contributed by atoms with E-state index in [2.05, 4.69) is 11.6 Å². The lowest BCUT2D eigenvalue weighted by Gasteiger charge is -2.18. The molecule has 1 heterocycles. The third kappa shape index (κ3) is 4.00. The Hall–Kier alpha value is -2.92. The van der Waals surface area contributed by atoms with Crippen molar-refractivity contribution in [2.75, 3.05) is 18.6 Å². The Morgan fingerprint density at radius 2 is 1.92 bits per heavy atom. The van der Waals surface area contributed by atoms with Gasteiger partial charge in [-0.3, -0.25) is 9.69 Å². The molecule has 0 aliphatic heterocycles. The number of aromatic nitrogens is 1. The van der Waals surface area contributed by atoms with E-state index in [1.807, 2.05) is 60.0 Å². The number of hydrogen-bond acceptors (Lipinski definition) is 4. The number of thiazole rings is 1. The molecule has 5 heteroatoms. The molecule has 0 N–H and O–H groups in total. The fourth-order valence-electron chi connectivity index (χ4n) is 2.65. The molecule has 26 heavy (non-hydrogen) atoms. The normalized spacial score (nSPS) is 10.3. The summed E-state index contributed by atoms with van der Waals surface area (Å²) >= 11 is 1.46. The second kappa shape index (κ2) is 8.45. The predicted octanol–water partition coefficient (Wildman–Crippen LogP) is 4.58. The van der Waals surface area contributed by atoms with Crippen molar-refractivity contribution in [2.45, 2.75) is 6.42 Å². The van der Waals surface area contributed by atoms with E-state index >= 15 is 0 Å². The Bertz CT molecular complexity index is 890. The highest BCUT2D eigenvalue weighted by Gasteiger charge is 2.20. The van der Waals surface area contributed by atoms with Crippen molar-refractivity contribution < 1.29 is 9.53 Å². The summed E-state index contributed by atoms with van der Waals surface area (Å²) in [6.45, 7) is 4.18. The number of carbonyl (C=O) groups excluding carboxylic acids is 1. The van der Waals surface area contributed by atoms with Crippen LogP contribution in [0.4, 0.5) is 5.13 Å². The molecule has 1 aromatic heterocycles. The van der Waals surface area contributed by atoms with E-state index in [9.17, 15) is 4.79 Å². The van der Waals surface area contributed by atoms with Crippen LogP contribution >= 0.6 is 11.3 Å². The molecule has 3 aromatic rings. The fourth-order valence-corrected chi connectivity index (χ4v) is 3.51. The fraction of sp³-hybridized carbons (Fsp3) is 0.143. The topological polar surface area (TPSA) is 42.4 Å². The summed E-state index contributed by atoms with van der Waals surface area (Å²) in [5.41, 5.74) is 2.75. The minimum atomic E-state index is -0.0386. The Morgan fingerprint density at radius 1 is 1.19 bits per heavy atom. The number of anilines is 1. The molecule has 0 atom stereocenters. The summed E-state index contributed by atoms with van der Waals surface area (Å²) in [7, 11) is 1.61. The molecule has 4 nitrogen and oxygen atoms in total. The quantitative estimate of drug-likeness (QED) is 0.576. The van der Waals surface area contributed by atoms with E-state index in [0.717, 1.165) is 16.8 Å². The molecule has 3 rings (SSSR count). The first-order valence-electron chi connectivity index (χ1n) is 8.27. The summed E-state index contributed by atoms with van der Waals surface area (Å²) in [6, 6.07) is 17.5. The van der Waals surface area contributed by atoms with E-state index in [4.69, 9.17) is 4.74 Å². The minimum Gasteiger partial charge on any atom is -0.496 e. The SMILES string of the molecule is C=CCN(C(=O)Cc1ccccc1OC)c1nc(-c2ccccc2)cs1. The van der Waals surface area contributed by atoms with Crippen LogP contribution in [-0.4, -0.2) is 24.5 Å². The molecule has 1 amide bonds. The zero-order valence-electron chi connectivity index (χ0n) is 14.6. The smallest absolute Gasteiger partial charge is 0.233 e. The monoisotopic (exact) mass is 364 g/mol. The van der Waals surface area contributed by atoms with Gasteiger partial charge in [0.15, 0.2) is 5.13 Å². The molecule has 0 saturated carbocycles. The van der Waals surface area contributed by atoms with Gasteiger partial charge in [-0.15, -0.1) is 17.9 Å². The molecule has 0 bridgehead atoms. The van der Waals surface area contributed by atoms with Gasteiger partial charge in [0.1, 0.15) is 5.75 Å². The number of hydrogen-bond donors (Lipinski definition) is 0. The van der Waals surface area contributed by atoms with Crippen molar-refractivity contribution in [3.63, 3.8) is 0 Å². The Morgan fingerprint density at radius 3 is 2.65 bits per heavy atom. The summed E-state index contributed by atoms with van der Waals surface area (Å²) in [4.78, 5) is 19.2. The molecule has 0 spiro atoms. The number of benzene rings is 2. The highest BCUT2D eigenvalue weighted by molar-refractivity contribution is 7.14. The van der Waals surface area contributed by atoms with Crippen LogP contribution < -0.4 is 9.64 Å². The van der Waals surface area contributed by atoms with Crippen molar-refractivity contribution >= 4 is 22.4 Å². The summed E-state index contributed by atoms with van der Waals surface area (Å²) in [6.07, 6.45) is 1.96. The molecule has 0 saturated heterocycles. The van der Waals surface area contributed by atoms with Gasteiger partial charge in [-0.05, 0) is 6.07 Å². The lowest BCUT2D eigenvalue weighted by atomic mass is 10.1. The Kier molecular flexibility index (Phi) is 5.81. The van der Waals surface area contributed by atoms with Crippen LogP contribution in [0.3, 0.4) is 0 Å². The van der Waals surface area contributed by atoms with Crippen LogP contribution in [0.25, 0.3) is 11.3 Å². The van der Waals surface area contributed by atoms with Crippen molar-refractivity contribution in [3.05, 3.63) is 78.2 Å². The van der Waals surface area contributed by atoms with Gasteiger partial charge >= 0.3 is 0 Å². The van der Waals surface area contributed by atoms with Crippen LogP contribution in [-0.2, 0) is 11.2 Å². The van der Waals surface area contributed by atoms with Crippen molar-refractivity contribution in [1.82, 2.24) is 4.98 Å². The number of methoxy groups -OCH3 is 1. The maximum Gasteiger partial charge on any atom is 0.233 e. The van der Waals surface area contributed by atoms with Crippen LogP contribution in [0.2, 0.25) is 0 Å². The maximum absolute atomic E-state index is 12.9. The van der Waals surface area contributed by atoms with Crippen LogP contribution in [0.1, 0.15) is 5.56 Å². The molecule has 0 aliphatic carbocycles. The van der Waals surface area contributed by atoms with E-state index in [1.54, 1.807) is 18.1 Å². The van der Waals surface area contributed by atoms with Gasteiger partial charge in [0.05, 0.1) is 19.2 Å². The second-order valence-electron chi connectivity index (χ2n) is 5.66. The third-order valence-electron chi connectivity index (χ3n) is 3.94. The number of amides is 1. The van der Waals surface area contributed by atoms with Gasteiger partial charge in [-0.2, -0.15) is 0 Å². The highest BCUT2D eigenvalue weighted by Crippen LogP contribution is 2.28. The molecule has 0 fully saturated rings. The number of nitrogens with zero attached hydrogens (tertiary/aromatic N) is 2. The lowest BCUT2D eigenvalue weighted by Crippen LogP contribution is -2.32. The average Bonchev–Trinajstić information content (AvgIpc) is 3.17. The summed E-state index contributed by atoms with van der Waals surface area (Å²) in [5.74, 6) is 0.673. The van der Waals surface area contributed by atoms with Gasteiger partial charge in [0, 0.05) is 23.1 Å². The van der Waals surface area contributed by atoms with Gasteiger partial charge in [0.2, 0.25) is 5.91 Å². The molecule has 0 aliphatic rings. The van der Waals surface area contributed by atoms with Crippen molar-refractivity contribution in [2.24, 2.45) is 0 Å². The van der Waals surface area contributed by atoms with Crippen LogP contribution in [0.15, 0.2) is 72.6 Å². The Balaban J connectivity index is 1.84. The predicted molar refractivity (Wildman–Crippen MR) is 107 cm³/mol. The van der Waals surface area contributed by atoms with Crippen molar-refractivity contribution in [3.8, 4) is 17.0 Å². The molecular formula is C21H20N2O2S. The first kappa shape index (κ1) is 17.9. The van der Waals surface area contributed by atoms with E-state index < -0.39 is 0 Å². The summed E-state index contributed by atoms with van der Waals surface area (Å²) in [5, 5.41) is 2.64. The van der Waals surface area contributed by atoms with Gasteiger partial charge in [-0.25, -0.2) is 4.98 Å². The number of rotatable bonds is 7. The minimum absolute atomic E-state index is 0.0386. The molecule has 2 aromatic carbocycles. The third-order valence-corrected chi connectivity index (χ3v) is 4.80. The van der Waals surface area contributed by atoms with Gasteiger partial charge in [-0.1, -0.05) is 54.6 Å². The number of para-hydroxylation sites is 1. The molecule has 132 valence electrons. The molecule has 0 unspecified atom stereocenters.